The van der Waals surface area contributed by atoms with Crippen molar-refractivity contribution in [3.63, 3.8) is 0 Å². The maximum absolute atomic E-state index is 5.21. The van der Waals surface area contributed by atoms with E-state index >= 15 is 0 Å². The van der Waals surface area contributed by atoms with E-state index in [1.807, 2.05) is 0 Å². The van der Waals surface area contributed by atoms with E-state index in [-0.39, 0.29) is 0 Å². The topological polar surface area (TPSA) is 27.8 Å². The van der Waals surface area contributed by atoms with Crippen LogP contribution in [0.2, 0.25) is 0 Å². The molecule has 0 bridgehead atoms. The quantitative estimate of drug-likeness (QED) is 0.357. The van der Waals surface area contributed by atoms with Crippen molar-refractivity contribution in [2.45, 2.75) is 37.0 Å². The second kappa shape index (κ2) is 7.36. The zero-order chi connectivity index (χ0) is 17.2. The lowest BCUT2D eigenvalue weighted by Gasteiger charge is -2.05. The summed E-state index contributed by atoms with van der Waals surface area (Å²) in [4.78, 5) is 4.55. The van der Waals surface area contributed by atoms with Gasteiger partial charge in [-0.2, -0.15) is 0 Å². The number of rotatable bonds is 6. The minimum Gasteiger partial charge on any atom is -0.350 e. The molecule has 0 saturated carbocycles. The number of aromatic nitrogens is 1. The fourth-order valence-corrected chi connectivity index (χ4v) is 5.10. The van der Waals surface area contributed by atoms with Gasteiger partial charge in [-0.05, 0) is 73.3 Å². The molecular weight excluding hydrogens is 364 g/mol. The zero-order valence-corrected chi connectivity index (χ0v) is 16.4. The number of hydrogen-bond donors (Lipinski definition) is 2. The maximum Gasteiger partial charge on any atom is 0.159 e. The average Bonchev–Trinajstić information content (AvgIpc) is 3.14. The molecule has 0 amide bonds. The Bertz CT molecular complexity index is 984. The first-order chi connectivity index (χ1) is 12.2. The molecule has 2 heterocycles. The lowest BCUT2D eigenvalue weighted by atomic mass is 10.0. The van der Waals surface area contributed by atoms with Gasteiger partial charge >= 0.3 is 0 Å². The maximum atomic E-state index is 5.21. The molecule has 2 aromatic carbocycles. The average molecular weight is 385 g/mol. The van der Waals surface area contributed by atoms with Crippen molar-refractivity contribution in [3.05, 3.63) is 63.1 Å². The van der Waals surface area contributed by atoms with Gasteiger partial charge in [-0.25, -0.2) is 0 Å². The lowest BCUT2D eigenvalue weighted by Crippen LogP contribution is -1.91. The Hall–Kier alpha value is -1.56. The lowest BCUT2D eigenvalue weighted by molar-refractivity contribution is 0.678. The van der Waals surface area contributed by atoms with E-state index in [2.05, 4.69) is 53.3 Å². The van der Waals surface area contributed by atoms with Gasteiger partial charge in [0.1, 0.15) is 0 Å². The standard InChI is InChI=1S/C20H20N2S3/c1-13-21-16-11-14(7-9-18(16)24-13)5-3-2-4-6-15-8-10-19-17(12-15)22-20(23)25-19/h7-12,21H,1-6H2,(H,22,23). The largest absolute Gasteiger partial charge is 0.350 e. The Morgan fingerprint density at radius 1 is 0.960 bits per heavy atom. The van der Waals surface area contributed by atoms with E-state index in [1.54, 1.807) is 23.1 Å². The molecule has 2 nitrogen and oxygen atoms in total. The molecule has 1 aliphatic heterocycles. The van der Waals surface area contributed by atoms with Gasteiger partial charge in [-0.15, -0.1) is 11.3 Å². The number of aromatic amines is 1. The number of aryl methyl sites for hydroxylation is 2. The Morgan fingerprint density at radius 3 is 2.56 bits per heavy atom. The molecule has 5 heteroatoms. The van der Waals surface area contributed by atoms with Gasteiger partial charge in [-0.1, -0.05) is 36.9 Å². The van der Waals surface area contributed by atoms with Crippen LogP contribution in [0.3, 0.4) is 0 Å². The molecule has 3 aromatic rings. The summed E-state index contributed by atoms with van der Waals surface area (Å²) < 4.78 is 2.11. The Balaban J connectivity index is 1.26. The molecule has 0 spiro atoms. The second-order valence-electron chi connectivity index (χ2n) is 6.39. The summed E-state index contributed by atoms with van der Waals surface area (Å²) in [7, 11) is 0. The number of thioether (sulfide) groups is 1. The minimum atomic E-state index is 0.859. The molecule has 4 rings (SSSR count). The number of anilines is 1. The van der Waals surface area contributed by atoms with Gasteiger partial charge in [-0.3, -0.25) is 0 Å². The van der Waals surface area contributed by atoms with Crippen LogP contribution >= 0.6 is 35.3 Å². The first-order valence-electron chi connectivity index (χ1n) is 8.56. The summed E-state index contributed by atoms with van der Waals surface area (Å²) in [5, 5.41) is 4.36. The van der Waals surface area contributed by atoms with Crippen LogP contribution in [0.15, 0.2) is 52.9 Å². The van der Waals surface area contributed by atoms with E-state index in [0.29, 0.717) is 0 Å². The number of H-pyrrole nitrogens is 1. The van der Waals surface area contributed by atoms with Crippen molar-refractivity contribution in [1.82, 2.24) is 4.98 Å². The number of unbranched alkanes of at least 4 members (excludes halogenated alkanes) is 2. The van der Waals surface area contributed by atoms with Gasteiger partial charge < -0.3 is 10.3 Å². The van der Waals surface area contributed by atoms with Crippen LogP contribution in [0, 0.1) is 3.95 Å². The molecule has 25 heavy (non-hydrogen) atoms. The van der Waals surface area contributed by atoms with Crippen LogP contribution in [-0.2, 0) is 12.8 Å². The first kappa shape index (κ1) is 16.9. The summed E-state index contributed by atoms with van der Waals surface area (Å²) >= 11 is 8.58. The third kappa shape index (κ3) is 4.00. The highest BCUT2D eigenvalue weighted by atomic mass is 32.2. The summed E-state index contributed by atoms with van der Waals surface area (Å²) in [5.74, 6) is 0. The van der Waals surface area contributed by atoms with Gasteiger partial charge in [0.25, 0.3) is 0 Å². The van der Waals surface area contributed by atoms with Crippen molar-refractivity contribution in [2.75, 3.05) is 5.32 Å². The fourth-order valence-electron chi connectivity index (χ4n) is 3.22. The third-order valence-electron chi connectivity index (χ3n) is 4.47. The number of hydrogen-bond acceptors (Lipinski definition) is 4. The Kier molecular flexibility index (Phi) is 4.97. The molecule has 0 radical (unpaired) electrons. The van der Waals surface area contributed by atoms with Crippen LogP contribution in [0.4, 0.5) is 5.69 Å². The molecule has 0 saturated heterocycles. The molecule has 0 atom stereocenters. The monoisotopic (exact) mass is 384 g/mol. The Labute approximate surface area is 161 Å². The van der Waals surface area contributed by atoms with Crippen LogP contribution < -0.4 is 5.32 Å². The SMILES string of the molecule is C=C1Nc2cc(CCCCCc3ccc4sc(=S)[nH]c4c3)ccc2S1. The van der Waals surface area contributed by atoms with E-state index in [9.17, 15) is 0 Å². The summed E-state index contributed by atoms with van der Waals surface area (Å²) in [6, 6.07) is 13.4. The van der Waals surface area contributed by atoms with Gasteiger partial charge in [0.05, 0.1) is 20.9 Å². The van der Waals surface area contributed by atoms with Gasteiger partial charge in [0.2, 0.25) is 0 Å². The van der Waals surface area contributed by atoms with Gasteiger partial charge in [0, 0.05) is 4.90 Å². The van der Waals surface area contributed by atoms with Crippen LogP contribution in [0.5, 0.6) is 0 Å². The van der Waals surface area contributed by atoms with Crippen molar-refractivity contribution < 1.29 is 0 Å². The molecule has 2 N–H and O–H groups in total. The van der Waals surface area contributed by atoms with Crippen molar-refractivity contribution in [2.24, 2.45) is 0 Å². The van der Waals surface area contributed by atoms with Crippen LogP contribution in [0.25, 0.3) is 10.2 Å². The number of fused-ring (bicyclic) bond motifs is 2. The van der Waals surface area contributed by atoms with Crippen LogP contribution in [0.1, 0.15) is 30.4 Å². The minimum absolute atomic E-state index is 0.859. The van der Waals surface area contributed by atoms with Crippen molar-refractivity contribution in [1.29, 1.82) is 0 Å². The highest BCUT2D eigenvalue weighted by Gasteiger charge is 2.13. The van der Waals surface area contributed by atoms with Crippen molar-refractivity contribution in [3.8, 4) is 0 Å². The van der Waals surface area contributed by atoms with E-state index in [0.717, 1.165) is 21.8 Å². The predicted octanol–water partition coefficient (Wildman–Crippen LogP) is 6.90. The number of nitrogens with one attached hydrogen (secondary N) is 2. The zero-order valence-electron chi connectivity index (χ0n) is 13.9. The molecule has 0 fully saturated rings. The number of benzene rings is 2. The normalized spacial score (nSPS) is 13.2. The van der Waals surface area contributed by atoms with E-state index < -0.39 is 0 Å². The van der Waals surface area contributed by atoms with Crippen molar-refractivity contribution >= 4 is 51.2 Å². The second-order valence-corrected chi connectivity index (χ2v) is 9.24. The van der Waals surface area contributed by atoms with E-state index in [1.165, 1.54) is 51.2 Å². The third-order valence-corrected chi connectivity index (χ3v) is 6.61. The Morgan fingerprint density at radius 2 is 1.72 bits per heavy atom. The highest BCUT2D eigenvalue weighted by molar-refractivity contribution is 8.03. The summed E-state index contributed by atoms with van der Waals surface area (Å²) in [5.41, 5.74) is 5.20. The van der Waals surface area contributed by atoms with E-state index in [4.69, 9.17) is 12.2 Å². The molecular formula is C20H20N2S3. The summed E-state index contributed by atoms with van der Waals surface area (Å²) in [6.45, 7) is 3.98. The summed E-state index contributed by atoms with van der Waals surface area (Å²) in [6.07, 6.45) is 5.99. The molecule has 0 unspecified atom stereocenters. The number of thiazole rings is 1. The highest BCUT2D eigenvalue weighted by Crippen LogP contribution is 2.40. The molecule has 1 aliphatic rings. The molecule has 1 aromatic heterocycles. The molecule has 128 valence electrons. The van der Waals surface area contributed by atoms with Crippen LogP contribution in [-0.4, -0.2) is 4.98 Å². The predicted molar refractivity (Wildman–Crippen MR) is 113 cm³/mol. The smallest absolute Gasteiger partial charge is 0.159 e. The molecule has 0 aliphatic carbocycles. The first-order valence-corrected chi connectivity index (χ1v) is 10.6. The van der Waals surface area contributed by atoms with Gasteiger partial charge in [0.15, 0.2) is 3.95 Å². The fraction of sp³-hybridized carbons (Fsp3) is 0.250.